The number of ketones is 1. The molecule has 0 bridgehead atoms. The first-order chi connectivity index (χ1) is 9.63. The molecular formula is C15H28N2O3. The highest BCUT2D eigenvalue weighted by Gasteiger charge is 2.23. The number of nitrogens with zero attached hydrogens (tertiary/aromatic N) is 1. The molecule has 0 spiro atoms. The van der Waals surface area contributed by atoms with E-state index in [1.807, 2.05) is 0 Å². The maximum absolute atomic E-state index is 11.9. The number of nitrogens with one attached hydrogen (secondary N) is 1. The lowest BCUT2D eigenvalue weighted by Gasteiger charge is -2.28. The first-order valence-corrected chi connectivity index (χ1v) is 7.62. The summed E-state index contributed by atoms with van der Waals surface area (Å²) in [5, 5.41) is 2.91. The van der Waals surface area contributed by atoms with Gasteiger partial charge >= 0.3 is 0 Å². The Morgan fingerprint density at radius 1 is 1.30 bits per heavy atom. The van der Waals surface area contributed by atoms with Gasteiger partial charge in [0.15, 0.2) is 0 Å². The number of hydrogen-bond acceptors (Lipinski definition) is 4. The van der Waals surface area contributed by atoms with Crippen LogP contribution in [0.1, 0.15) is 45.4 Å². The normalized spacial score (nSPS) is 20.4. The molecule has 0 saturated carbocycles. The Morgan fingerprint density at radius 3 is 2.80 bits per heavy atom. The molecule has 0 aromatic heterocycles. The number of carbonyl (C=O) groups excluding carboxylic acids is 2. The number of amides is 1. The molecule has 1 aliphatic rings. The van der Waals surface area contributed by atoms with Crippen molar-refractivity contribution in [2.45, 2.75) is 51.5 Å². The van der Waals surface area contributed by atoms with E-state index in [1.165, 1.54) is 6.42 Å². The zero-order valence-electron chi connectivity index (χ0n) is 12.8. The summed E-state index contributed by atoms with van der Waals surface area (Å²) in [4.78, 5) is 25.5. The number of carbonyl (C=O) groups is 2. The molecule has 1 fully saturated rings. The van der Waals surface area contributed by atoms with Crippen molar-refractivity contribution in [3.63, 3.8) is 0 Å². The predicted octanol–water partition coefficient (Wildman–Crippen LogP) is 1.36. The minimum Gasteiger partial charge on any atom is -0.385 e. The van der Waals surface area contributed by atoms with Crippen molar-refractivity contribution < 1.29 is 14.3 Å². The zero-order chi connectivity index (χ0) is 14.8. The number of rotatable bonds is 8. The van der Waals surface area contributed by atoms with Gasteiger partial charge in [0.1, 0.15) is 5.78 Å². The van der Waals surface area contributed by atoms with Crippen molar-refractivity contribution in [2.75, 3.05) is 33.4 Å². The number of methoxy groups -OCH3 is 1. The first kappa shape index (κ1) is 17.1. The molecule has 0 aliphatic carbocycles. The fraction of sp³-hybridized carbons (Fsp3) is 0.867. The van der Waals surface area contributed by atoms with Crippen molar-refractivity contribution >= 4 is 11.7 Å². The maximum Gasteiger partial charge on any atom is 0.234 e. The third-order valence-electron chi connectivity index (χ3n) is 3.72. The Morgan fingerprint density at radius 2 is 2.10 bits per heavy atom. The Kier molecular flexibility index (Phi) is 8.46. The summed E-state index contributed by atoms with van der Waals surface area (Å²) < 4.78 is 4.95. The molecule has 1 aliphatic heterocycles. The molecule has 1 N–H and O–H groups in total. The Hall–Kier alpha value is -0.940. The smallest absolute Gasteiger partial charge is 0.234 e. The lowest BCUT2D eigenvalue weighted by Crippen LogP contribution is -2.43. The molecule has 0 radical (unpaired) electrons. The molecule has 5 heteroatoms. The molecule has 1 atom stereocenters. The highest BCUT2D eigenvalue weighted by Crippen LogP contribution is 2.19. The van der Waals surface area contributed by atoms with Gasteiger partial charge in [-0.2, -0.15) is 0 Å². The predicted molar refractivity (Wildman–Crippen MR) is 78.6 cm³/mol. The van der Waals surface area contributed by atoms with Crippen LogP contribution in [0, 0.1) is 0 Å². The van der Waals surface area contributed by atoms with Crippen molar-refractivity contribution in [3.8, 4) is 0 Å². The minimum atomic E-state index is 0.0524. The molecule has 20 heavy (non-hydrogen) atoms. The molecule has 5 nitrogen and oxygen atoms in total. The summed E-state index contributed by atoms with van der Waals surface area (Å²) in [6.07, 6.45) is 5.89. The molecule has 1 rings (SSSR count). The number of hydrogen-bond donors (Lipinski definition) is 1. The second-order valence-corrected chi connectivity index (χ2v) is 5.58. The highest BCUT2D eigenvalue weighted by molar-refractivity contribution is 5.78. The first-order valence-electron chi connectivity index (χ1n) is 7.62. The number of Topliss-reactive ketones (excluding diaryl/α,β-unsaturated/α-hetero) is 1. The van der Waals surface area contributed by atoms with Crippen LogP contribution < -0.4 is 5.32 Å². The Bertz CT molecular complexity index is 307. The third-order valence-corrected chi connectivity index (χ3v) is 3.72. The summed E-state index contributed by atoms with van der Waals surface area (Å²) in [6.45, 7) is 4.27. The van der Waals surface area contributed by atoms with Crippen LogP contribution in [0.15, 0.2) is 0 Å². The van der Waals surface area contributed by atoms with Crippen LogP contribution in [-0.2, 0) is 14.3 Å². The SMILES string of the molecule is COCCCNC(=O)CN1CCCCCC1CC(C)=O. The maximum atomic E-state index is 11.9. The molecule has 1 amide bonds. The van der Waals surface area contributed by atoms with Gasteiger partial charge in [-0.1, -0.05) is 12.8 Å². The summed E-state index contributed by atoms with van der Waals surface area (Å²) >= 11 is 0. The van der Waals surface area contributed by atoms with E-state index in [1.54, 1.807) is 14.0 Å². The monoisotopic (exact) mass is 284 g/mol. The lowest BCUT2D eigenvalue weighted by molar-refractivity contribution is -0.124. The van der Waals surface area contributed by atoms with Crippen molar-refractivity contribution in [1.29, 1.82) is 0 Å². The van der Waals surface area contributed by atoms with Gasteiger partial charge in [0.2, 0.25) is 5.91 Å². The van der Waals surface area contributed by atoms with Crippen LogP contribution in [-0.4, -0.2) is 56.0 Å². The van der Waals surface area contributed by atoms with Crippen LogP contribution in [0.3, 0.4) is 0 Å². The summed E-state index contributed by atoms with van der Waals surface area (Å²) in [6, 6.07) is 0.236. The van der Waals surface area contributed by atoms with Crippen LogP contribution in [0.25, 0.3) is 0 Å². The van der Waals surface area contributed by atoms with E-state index in [4.69, 9.17) is 4.74 Å². The largest absolute Gasteiger partial charge is 0.385 e. The second-order valence-electron chi connectivity index (χ2n) is 5.58. The number of likely N-dealkylation sites (tertiary alicyclic amines) is 1. The van der Waals surface area contributed by atoms with E-state index < -0.39 is 0 Å². The summed E-state index contributed by atoms with van der Waals surface area (Å²) in [5.41, 5.74) is 0. The van der Waals surface area contributed by atoms with E-state index >= 15 is 0 Å². The van der Waals surface area contributed by atoms with Crippen molar-refractivity contribution in [2.24, 2.45) is 0 Å². The molecule has 1 heterocycles. The topological polar surface area (TPSA) is 58.6 Å². The third kappa shape index (κ3) is 7.01. The Labute approximate surface area is 122 Å². The molecular weight excluding hydrogens is 256 g/mol. The zero-order valence-corrected chi connectivity index (χ0v) is 12.8. The second kappa shape index (κ2) is 9.88. The van der Waals surface area contributed by atoms with Crippen LogP contribution in [0.5, 0.6) is 0 Å². The molecule has 0 aromatic rings. The molecule has 116 valence electrons. The van der Waals surface area contributed by atoms with Gasteiger partial charge in [-0.15, -0.1) is 0 Å². The van der Waals surface area contributed by atoms with Crippen LogP contribution >= 0.6 is 0 Å². The quantitative estimate of drug-likeness (QED) is 0.684. The van der Waals surface area contributed by atoms with Gasteiger partial charge < -0.3 is 10.1 Å². The Balaban J connectivity index is 2.39. The lowest BCUT2D eigenvalue weighted by atomic mass is 10.0. The number of ether oxygens (including phenoxy) is 1. The van der Waals surface area contributed by atoms with Gasteiger partial charge in [-0.25, -0.2) is 0 Å². The van der Waals surface area contributed by atoms with Crippen molar-refractivity contribution in [1.82, 2.24) is 10.2 Å². The molecule has 1 saturated heterocycles. The standard InChI is InChI=1S/C15H28N2O3/c1-13(18)11-14-7-4-3-5-9-17(14)12-15(19)16-8-6-10-20-2/h14H,3-12H2,1-2H3,(H,16,19). The van der Waals surface area contributed by atoms with Gasteiger partial charge in [-0.3, -0.25) is 14.5 Å². The van der Waals surface area contributed by atoms with Crippen molar-refractivity contribution in [3.05, 3.63) is 0 Å². The fourth-order valence-electron chi connectivity index (χ4n) is 2.69. The van der Waals surface area contributed by atoms with Gasteiger partial charge in [0, 0.05) is 32.7 Å². The van der Waals surface area contributed by atoms with E-state index in [0.717, 1.165) is 32.2 Å². The van der Waals surface area contributed by atoms with E-state index in [0.29, 0.717) is 26.1 Å². The summed E-state index contributed by atoms with van der Waals surface area (Å²) in [7, 11) is 1.66. The average molecular weight is 284 g/mol. The van der Waals surface area contributed by atoms with Crippen LogP contribution in [0.2, 0.25) is 0 Å². The van der Waals surface area contributed by atoms with Gasteiger partial charge in [-0.05, 0) is 32.7 Å². The summed E-state index contributed by atoms with van der Waals surface area (Å²) in [5.74, 6) is 0.263. The van der Waals surface area contributed by atoms with Gasteiger partial charge in [0.25, 0.3) is 0 Å². The molecule has 0 aromatic carbocycles. The van der Waals surface area contributed by atoms with Crippen LogP contribution in [0.4, 0.5) is 0 Å². The van der Waals surface area contributed by atoms with E-state index in [9.17, 15) is 9.59 Å². The minimum absolute atomic E-state index is 0.0524. The van der Waals surface area contributed by atoms with Gasteiger partial charge in [0.05, 0.1) is 6.54 Å². The van der Waals surface area contributed by atoms with E-state index in [-0.39, 0.29) is 17.7 Å². The molecule has 1 unspecified atom stereocenters. The van der Waals surface area contributed by atoms with E-state index in [2.05, 4.69) is 10.2 Å². The average Bonchev–Trinajstić information content (AvgIpc) is 2.60. The highest BCUT2D eigenvalue weighted by atomic mass is 16.5. The fourth-order valence-corrected chi connectivity index (χ4v) is 2.69.